The molecule has 0 amide bonds. The molecule has 0 spiro atoms. The number of hydrogen-bond acceptors (Lipinski definition) is 9. The zero-order chi connectivity index (χ0) is 33.5. The van der Waals surface area contributed by atoms with E-state index >= 15 is 0 Å². The van der Waals surface area contributed by atoms with Crippen molar-refractivity contribution >= 4 is 0 Å². The van der Waals surface area contributed by atoms with Crippen LogP contribution >= 0.6 is 0 Å². The van der Waals surface area contributed by atoms with Crippen LogP contribution in [0.2, 0.25) is 0 Å². The number of benzene rings is 4. The molecule has 3 atom stereocenters. The van der Waals surface area contributed by atoms with E-state index in [1.807, 2.05) is 18.2 Å². The van der Waals surface area contributed by atoms with Crippen molar-refractivity contribution in [3.63, 3.8) is 0 Å². The van der Waals surface area contributed by atoms with Gasteiger partial charge in [0, 0.05) is 42.8 Å². The number of methoxy groups -OCH3 is 5. The van der Waals surface area contributed by atoms with E-state index in [2.05, 4.69) is 60.2 Å². The molecule has 0 radical (unpaired) electrons. The highest BCUT2D eigenvalue weighted by Gasteiger charge is 2.36. The normalized spacial score (nSPS) is 19.9. The third-order valence-corrected chi connectivity index (χ3v) is 10.2. The molecular weight excluding hydrogens is 608 g/mol. The molecule has 8 rings (SSSR count). The summed E-state index contributed by atoms with van der Waals surface area (Å²) in [6.07, 6.45) is 2.40. The van der Waals surface area contributed by atoms with E-state index in [1.54, 1.807) is 35.5 Å². The van der Waals surface area contributed by atoms with Gasteiger partial charge in [0.05, 0.1) is 35.5 Å². The van der Waals surface area contributed by atoms with Crippen molar-refractivity contribution in [2.24, 2.45) is 0 Å². The van der Waals surface area contributed by atoms with Gasteiger partial charge in [-0.25, -0.2) is 0 Å². The molecule has 0 aliphatic carbocycles. The van der Waals surface area contributed by atoms with Gasteiger partial charge < -0.3 is 33.2 Å². The van der Waals surface area contributed by atoms with Gasteiger partial charge in [-0.3, -0.25) is 9.80 Å². The van der Waals surface area contributed by atoms with Gasteiger partial charge in [0.15, 0.2) is 34.5 Å². The number of nitrogens with zero attached hydrogens (tertiary/aromatic N) is 2. The Balaban J connectivity index is 1.47. The Morgan fingerprint density at radius 2 is 1.38 bits per heavy atom. The lowest BCUT2D eigenvalue weighted by Gasteiger charge is -2.38. The van der Waals surface area contributed by atoms with Gasteiger partial charge >= 0.3 is 0 Å². The molecule has 48 heavy (non-hydrogen) atoms. The van der Waals surface area contributed by atoms with E-state index in [4.69, 9.17) is 33.2 Å². The summed E-state index contributed by atoms with van der Waals surface area (Å²) in [6, 6.07) is 18.8. The number of rotatable bonds is 5. The summed E-state index contributed by atoms with van der Waals surface area (Å²) in [5.74, 6) is 5.82. The molecule has 0 fully saturated rings. The van der Waals surface area contributed by atoms with Crippen LogP contribution in [0.5, 0.6) is 51.7 Å². The van der Waals surface area contributed by atoms with Crippen molar-refractivity contribution in [1.82, 2.24) is 9.80 Å². The molecule has 4 aliphatic rings. The van der Waals surface area contributed by atoms with E-state index < -0.39 is 0 Å². The quantitative estimate of drug-likeness (QED) is 0.218. The fourth-order valence-corrected chi connectivity index (χ4v) is 7.56. The topological polar surface area (TPSA) is 71.1 Å². The van der Waals surface area contributed by atoms with E-state index in [9.17, 15) is 0 Å². The summed E-state index contributed by atoms with van der Waals surface area (Å²) >= 11 is 0. The third-order valence-electron chi connectivity index (χ3n) is 10.2. The van der Waals surface area contributed by atoms with Gasteiger partial charge in [-0.2, -0.15) is 0 Å². The maximum Gasteiger partial charge on any atom is 0.204 e. The predicted molar refractivity (Wildman–Crippen MR) is 184 cm³/mol. The summed E-state index contributed by atoms with van der Waals surface area (Å²) in [5.41, 5.74) is 6.82. The largest absolute Gasteiger partial charge is 0.493 e. The van der Waals surface area contributed by atoms with Crippen LogP contribution in [0.25, 0.3) is 0 Å². The molecule has 0 saturated heterocycles. The van der Waals surface area contributed by atoms with E-state index in [-0.39, 0.29) is 12.1 Å². The van der Waals surface area contributed by atoms with Crippen molar-refractivity contribution < 1.29 is 33.2 Å². The third kappa shape index (κ3) is 5.54. The molecule has 4 heterocycles. The van der Waals surface area contributed by atoms with Gasteiger partial charge in [0.1, 0.15) is 5.75 Å². The first-order valence-electron chi connectivity index (χ1n) is 16.5. The van der Waals surface area contributed by atoms with Crippen molar-refractivity contribution in [3.05, 3.63) is 88.0 Å². The minimum absolute atomic E-state index is 0.00403. The van der Waals surface area contributed by atoms with E-state index in [1.165, 1.54) is 11.1 Å². The molecule has 4 aliphatic heterocycles. The highest BCUT2D eigenvalue weighted by Crippen LogP contribution is 2.54. The zero-order valence-corrected chi connectivity index (χ0v) is 28.8. The molecule has 9 heteroatoms. The van der Waals surface area contributed by atoms with Crippen molar-refractivity contribution in [2.45, 2.75) is 44.8 Å². The Hall–Kier alpha value is -4.60. The monoisotopic (exact) mass is 652 g/mol. The second-order valence-corrected chi connectivity index (χ2v) is 12.7. The van der Waals surface area contributed by atoms with Crippen molar-refractivity contribution in [1.29, 1.82) is 0 Å². The Kier molecular flexibility index (Phi) is 8.74. The van der Waals surface area contributed by atoms with E-state index in [0.29, 0.717) is 52.5 Å². The van der Waals surface area contributed by atoms with Crippen molar-refractivity contribution in [3.8, 4) is 51.7 Å². The van der Waals surface area contributed by atoms with Crippen LogP contribution < -0.4 is 33.2 Å². The number of likely N-dealkylation sites (N-methyl/N-ethyl adjacent to an activating group) is 1. The molecule has 1 unspecified atom stereocenters. The van der Waals surface area contributed by atoms with Crippen LogP contribution in [0.15, 0.2) is 54.6 Å². The lowest BCUT2D eigenvalue weighted by atomic mass is 9.87. The molecule has 0 saturated carbocycles. The van der Waals surface area contributed by atoms with Crippen LogP contribution in [-0.4, -0.2) is 65.5 Å². The average Bonchev–Trinajstić information content (AvgIpc) is 3.10. The fourth-order valence-electron chi connectivity index (χ4n) is 7.56. The summed E-state index contributed by atoms with van der Waals surface area (Å²) in [6.45, 7) is 4.65. The smallest absolute Gasteiger partial charge is 0.204 e. The summed E-state index contributed by atoms with van der Waals surface area (Å²) in [5, 5.41) is 0. The first-order valence-corrected chi connectivity index (χ1v) is 16.5. The maximum atomic E-state index is 7.17. The predicted octanol–water partition coefficient (Wildman–Crippen LogP) is 7.52. The Morgan fingerprint density at radius 1 is 0.688 bits per heavy atom. The minimum Gasteiger partial charge on any atom is -0.493 e. The Labute approximate surface area is 282 Å². The fraction of sp³-hybridized carbons (Fsp3) is 0.385. The van der Waals surface area contributed by atoms with Gasteiger partial charge in [-0.15, -0.1) is 0 Å². The van der Waals surface area contributed by atoms with Crippen molar-refractivity contribution in [2.75, 3.05) is 55.7 Å². The molecule has 0 aromatic heterocycles. The Morgan fingerprint density at radius 3 is 2.08 bits per heavy atom. The lowest BCUT2D eigenvalue weighted by Crippen LogP contribution is -2.34. The van der Waals surface area contributed by atoms with Gasteiger partial charge in [-0.05, 0) is 91.9 Å². The summed E-state index contributed by atoms with van der Waals surface area (Å²) in [7, 11) is 10.5. The summed E-state index contributed by atoms with van der Waals surface area (Å²) in [4.78, 5) is 4.86. The number of ether oxygens (including phenoxy) is 7. The van der Waals surface area contributed by atoms with Gasteiger partial charge in [-0.1, -0.05) is 18.2 Å². The molecule has 0 N–H and O–H groups in total. The molecular formula is C39H44N2O7. The molecule has 4 aromatic carbocycles. The molecule has 252 valence electrons. The Bertz CT molecular complexity index is 1820. The standard InChI is InChI=1S/C39H44N2O7/c1-23-35-26-14-17-41(23)22-25-10-13-31(42-3)32(19-25)47-27-11-8-24(9-12-27)18-30-29-21-34(44-5)37(45-6)36(28(29)15-16-40(30)2)48-39(35)38(46-7)33(20-26)43-4/h8-13,19-21,23,30H,14-18,22H2,1-7H3/t23-,30-/m0/s1. The van der Waals surface area contributed by atoms with Crippen LogP contribution in [0.3, 0.4) is 0 Å². The maximum absolute atomic E-state index is 7.17. The average molecular weight is 653 g/mol. The number of fused-ring (bicyclic) bond motifs is 2. The SMILES string of the molecule is COc1ccc2cc1Oc1ccc(cc1)C[C@H]1c3cc(OC)c(OC)c(c3CCN1C)Oc1c(OC)c(OC)cc3c1[C@H](C)N(CC3)C2. The molecule has 9 nitrogen and oxygen atoms in total. The second kappa shape index (κ2) is 13.1. The van der Waals surface area contributed by atoms with Gasteiger partial charge in [0.2, 0.25) is 11.5 Å². The first-order chi connectivity index (χ1) is 23.4. The van der Waals surface area contributed by atoms with Crippen LogP contribution in [0, 0.1) is 0 Å². The number of hydrogen-bond donors (Lipinski definition) is 0. The van der Waals surface area contributed by atoms with Crippen LogP contribution in [0.4, 0.5) is 0 Å². The van der Waals surface area contributed by atoms with Gasteiger partial charge in [0.25, 0.3) is 0 Å². The highest BCUT2D eigenvalue weighted by molar-refractivity contribution is 5.66. The molecule has 4 aromatic rings. The molecule has 10 bridgehead atoms. The van der Waals surface area contributed by atoms with Crippen LogP contribution in [-0.2, 0) is 25.8 Å². The first kappa shape index (κ1) is 32.0. The van der Waals surface area contributed by atoms with Crippen LogP contribution in [0.1, 0.15) is 52.4 Å². The summed E-state index contributed by atoms with van der Waals surface area (Å²) < 4.78 is 43.3. The highest BCUT2D eigenvalue weighted by atomic mass is 16.6. The zero-order valence-electron chi connectivity index (χ0n) is 28.8. The van der Waals surface area contributed by atoms with E-state index in [0.717, 1.165) is 60.4 Å². The second-order valence-electron chi connectivity index (χ2n) is 12.7. The minimum atomic E-state index is -0.00403. The lowest BCUT2D eigenvalue weighted by molar-refractivity contribution is 0.184.